The monoisotopic (exact) mass is 535 g/mol. The third-order valence-corrected chi connectivity index (χ3v) is 7.98. The van der Waals surface area contributed by atoms with Crippen LogP contribution in [0, 0.1) is 5.92 Å². The van der Waals surface area contributed by atoms with Crippen molar-refractivity contribution in [1.29, 1.82) is 0 Å². The van der Waals surface area contributed by atoms with Crippen LogP contribution in [0.25, 0.3) is 0 Å². The number of hydrogen-bond donors (Lipinski definition) is 2. The number of nitrogens with zero attached hydrogens (tertiary/aromatic N) is 3. The van der Waals surface area contributed by atoms with Gasteiger partial charge in [-0.05, 0) is 58.9 Å². The molecule has 0 spiro atoms. The van der Waals surface area contributed by atoms with Crippen molar-refractivity contribution >= 4 is 24.8 Å². The van der Waals surface area contributed by atoms with Crippen LogP contribution in [-0.2, 0) is 25.3 Å². The van der Waals surface area contributed by atoms with Gasteiger partial charge in [0.1, 0.15) is 11.2 Å². The number of carbonyl (C=O) groups is 3. The minimum Gasteiger partial charge on any atom is -0.402 e. The Labute approximate surface area is 230 Å². The molecule has 1 aliphatic carbocycles. The lowest BCUT2D eigenvalue weighted by atomic mass is 9.75. The molecule has 0 radical (unpaired) electrons. The molecule has 11 heteroatoms. The first-order valence-electron chi connectivity index (χ1n) is 13.4. The lowest BCUT2D eigenvalue weighted by Crippen LogP contribution is -2.57. The van der Waals surface area contributed by atoms with E-state index < -0.39 is 47.5 Å². The Morgan fingerprint density at radius 3 is 2.33 bits per heavy atom. The van der Waals surface area contributed by atoms with Gasteiger partial charge in [0.05, 0.1) is 29.3 Å². The van der Waals surface area contributed by atoms with Gasteiger partial charge in [-0.1, -0.05) is 30.3 Å². The van der Waals surface area contributed by atoms with E-state index in [0.717, 1.165) is 12.8 Å². The summed E-state index contributed by atoms with van der Waals surface area (Å²) < 4.78 is 12.6. The summed E-state index contributed by atoms with van der Waals surface area (Å²) in [4.78, 5) is 49.2. The molecular formula is C28H38BN5O5. The summed E-state index contributed by atoms with van der Waals surface area (Å²) in [6.07, 6.45) is 6.54. The first kappa shape index (κ1) is 28.7. The highest BCUT2D eigenvalue weighted by atomic mass is 16.7. The summed E-state index contributed by atoms with van der Waals surface area (Å²) >= 11 is 0. The van der Waals surface area contributed by atoms with Crippen LogP contribution in [0.3, 0.4) is 0 Å². The Morgan fingerprint density at radius 2 is 1.74 bits per heavy atom. The minimum absolute atomic E-state index is 0.0676. The number of rotatable bonds is 10. The molecule has 1 aromatic heterocycles. The largest absolute Gasteiger partial charge is 0.481 e. The molecule has 39 heavy (non-hydrogen) atoms. The number of aromatic nitrogens is 2. The predicted octanol–water partition coefficient (Wildman–Crippen LogP) is 2.19. The zero-order valence-electron chi connectivity index (χ0n) is 23.6. The lowest BCUT2D eigenvalue weighted by molar-refractivity contribution is -0.133. The zero-order chi connectivity index (χ0) is 28.4. The molecule has 10 nitrogen and oxygen atoms in total. The lowest BCUT2D eigenvalue weighted by Gasteiger charge is -2.32. The second-order valence-electron chi connectivity index (χ2n) is 11.6. The number of amides is 3. The van der Waals surface area contributed by atoms with Crippen molar-refractivity contribution in [3.63, 3.8) is 0 Å². The van der Waals surface area contributed by atoms with Gasteiger partial charge in [0, 0.05) is 26.5 Å². The third kappa shape index (κ3) is 6.14. The van der Waals surface area contributed by atoms with Crippen LogP contribution >= 0.6 is 0 Å². The van der Waals surface area contributed by atoms with E-state index in [4.69, 9.17) is 9.31 Å². The summed E-state index contributed by atoms with van der Waals surface area (Å²) in [5.74, 6) is -2.44. The quantitative estimate of drug-likeness (QED) is 0.447. The van der Waals surface area contributed by atoms with Gasteiger partial charge in [-0.25, -0.2) is 4.98 Å². The second-order valence-corrected chi connectivity index (χ2v) is 11.6. The summed E-state index contributed by atoms with van der Waals surface area (Å²) in [5.41, 5.74) is -1.31. The Kier molecular flexibility index (Phi) is 8.13. The van der Waals surface area contributed by atoms with Crippen LogP contribution in [0.5, 0.6) is 0 Å². The Morgan fingerprint density at radius 1 is 1.08 bits per heavy atom. The van der Waals surface area contributed by atoms with Crippen molar-refractivity contribution in [2.75, 3.05) is 14.1 Å². The predicted molar refractivity (Wildman–Crippen MR) is 146 cm³/mol. The number of aryl methyl sites for hydroxylation is 1. The highest BCUT2D eigenvalue weighted by molar-refractivity contribution is 6.48. The second kappa shape index (κ2) is 11.1. The summed E-state index contributed by atoms with van der Waals surface area (Å²) in [7, 11) is 2.57. The van der Waals surface area contributed by atoms with Gasteiger partial charge >= 0.3 is 7.12 Å². The molecule has 3 atom stereocenters. The number of benzene rings is 1. The van der Waals surface area contributed by atoms with E-state index in [2.05, 4.69) is 32.7 Å². The molecule has 2 aromatic rings. The molecule has 3 amide bonds. The summed E-state index contributed by atoms with van der Waals surface area (Å²) in [5, 5.41) is 5.89. The average Bonchev–Trinajstić information content (AvgIpc) is 3.57. The molecule has 2 heterocycles. The Balaban J connectivity index is 1.55. The van der Waals surface area contributed by atoms with Crippen LogP contribution in [-0.4, -0.2) is 76.5 Å². The molecule has 0 bridgehead atoms. The summed E-state index contributed by atoms with van der Waals surface area (Å²) in [6.45, 7) is 7.85. The third-order valence-electron chi connectivity index (χ3n) is 7.98. The molecule has 1 saturated carbocycles. The fourth-order valence-electron chi connectivity index (χ4n) is 4.80. The molecule has 2 aliphatic rings. The molecular weight excluding hydrogens is 497 g/mol. The van der Waals surface area contributed by atoms with Crippen LogP contribution < -0.4 is 10.6 Å². The SMILES string of the molecule is CN(C)C(=O)C1CC1(NC(=O)c1cnccn1)C(=O)N[C@@H](CCCc1ccccc1)B1OC(C)(C)C(C)(C)O1. The molecule has 2 unspecified atom stereocenters. The van der Waals surface area contributed by atoms with E-state index in [1.165, 1.54) is 29.1 Å². The van der Waals surface area contributed by atoms with E-state index in [-0.39, 0.29) is 18.0 Å². The molecule has 208 valence electrons. The van der Waals surface area contributed by atoms with Crippen LogP contribution in [0.4, 0.5) is 0 Å². The van der Waals surface area contributed by atoms with Crippen LogP contribution in [0.1, 0.15) is 63.0 Å². The fraction of sp³-hybridized carbons (Fsp3) is 0.536. The number of hydrogen-bond acceptors (Lipinski definition) is 7. The molecule has 4 rings (SSSR count). The van der Waals surface area contributed by atoms with E-state index in [0.29, 0.717) is 6.42 Å². The van der Waals surface area contributed by atoms with Crippen molar-refractivity contribution in [2.24, 2.45) is 5.92 Å². The van der Waals surface area contributed by atoms with E-state index in [9.17, 15) is 14.4 Å². The number of nitrogens with one attached hydrogen (secondary N) is 2. The van der Waals surface area contributed by atoms with E-state index in [1.807, 2.05) is 45.9 Å². The normalized spacial score (nSPS) is 23.5. The maximum Gasteiger partial charge on any atom is 0.481 e. The standard InChI is InChI=1S/C28H38BN5O5/c1-26(2)27(3,4)39-29(38-26)22(14-10-13-19-11-8-7-9-12-19)32-25(37)28(17-20(28)24(36)34(5)6)33-23(35)21-18-30-15-16-31-21/h7-9,11-12,15-16,18,20,22H,10,13-14,17H2,1-6H3,(H,32,37)(H,33,35)/t20?,22-,28?/m0/s1. The highest BCUT2D eigenvalue weighted by Crippen LogP contribution is 2.45. The van der Waals surface area contributed by atoms with Crippen LogP contribution in [0.15, 0.2) is 48.9 Å². The maximum absolute atomic E-state index is 13.9. The molecule has 1 aromatic carbocycles. The molecule has 2 fully saturated rings. The van der Waals surface area contributed by atoms with Crippen molar-refractivity contribution in [3.8, 4) is 0 Å². The van der Waals surface area contributed by atoms with Gasteiger partial charge in [-0.3, -0.25) is 19.4 Å². The van der Waals surface area contributed by atoms with E-state index in [1.54, 1.807) is 14.1 Å². The van der Waals surface area contributed by atoms with Gasteiger partial charge < -0.3 is 24.8 Å². The van der Waals surface area contributed by atoms with Crippen molar-refractivity contribution < 1.29 is 23.7 Å². The Bertz CT molecular complexity index is 1180. The number of carbonyl (C=O) groups excluding carboxylic acids is 3. The van der Waals surface area contributed by atoms with E-state index >= 15 is 0 Å². The van der Waals surface area contributed by atoms with Gasteiger partial charge in [-0.15, -0.1) is 0 Å². The van der Waals surface area contributed by atoms with Crippen molar-refractivity contribution in [2.45, 2.75) is 76.1 Å². The first-order valence-corrected chi connectivity index (χ1v) is 13.4. The van der Waals surface area contributed by atoms with Crippen LogP contribution in [0.2, 0.25) is 0 Å². The Hall–Kier alpha value is -3.31. The average molecular weight is 535 g/mol. The van der Waals surface area contributed by atoms with Gasteiger partial charge in [0.25, 0.3) is 5.91 Å². The first-order chi connectivity index (χ1) is 18.4. The highest BCUT2D eigenvalue weighted by Gasteiger charge is 2.66. The molecule has 2 N–H and O–H groups in total. The molecule has 1 saturated heterocycles. The van der Waals surface area contributed by atoms with Gasteiger partial charge in [0.15, 0.2) is 0 Å². The topological polar surface area (TPSA) is 123 Å². The maximum atomic E-state index is 13.9. The van der Waals surface area contributed by atoms with Crippen molar-refractivity contribution in [1.82, 2.24) is 25.5 Å². The van der Waals surface area contributed by atoms with Gasteiger partial charge in [-0.2, -0.15) is 0 Å². The zero-order valence-corrected chi connectivity index (χ0v) is 23.6. The molecule has 1 aliphatic heterocycles. The summed E-state index contributed by atoms with van der Waals surface area (Å²) in [6, 6.07) is 10.1. The van der Waals surface area contributed by atoms with Crippen molar-refractivity contribution in [3.05, 3.63) is 60.2 Å². The minimum atomic E-state index is -1.41. The smallest absolute Gasteiger partial charge is 0.402 e. The fourth-order valence-corrected chi connectivity index (χ4v) is 4.80. The van der Waals surface area contributed by atoms with Gasteiger partial charge in [0.2, 0.25) is 11.8 Å².